The van der Waals surface area contributed by atoms with Crippen LogP contribution < -0.4 is 4.72 Å². The maximum Gasteiger partial charge on any atom is 0.324 e. The lowest BCUT2D eigenvalue weighted by atomic mass is 10.1. The summed E-state index contributed by atoms with van der Waals surface area (Å²) in [4.78, 5) is 12.5. The SMILES string of the molecule is COC(=O)[C@H](Cc1ccccc1)N[S@@](=O)c1ccccc1. The number of benzene rings is 2. The average Bonchev–Trinajstić information content (AvgIpc) is 2.55. The van der Waals surface area contributed by atoms with E-state index in [9.17, 15) is 9.00 Å². The lowest BCUT2D eigenvalue weighted by molar-refractivity contribution is -0.142. The first kappa shape index (κ1) is 15.4. The molecule has 1 N–H and O–H groups in total. The second-order valence-corrected chi connectivity index (χ2v) is 5.71. The third-order valence-electron chi connectivity index (χ3n) is 2.97. The van der Waals surface area contributed by atoms with E-state index < -0.39 is 23.0 Å². The van der Waals surface area contributed by atoms with E-state index in [4.69, 9.17) is 4.74 Å². The van der Waals surface area contributed by atoms with E-state index in [1.807, 2.05) is 36.4 Å². The Bertz CT molecular complexity index is 601. The molecule has 0 fully saturated rings. The Morgan fingerprint density at radius 2 is 1.67 bits per heavy atom. The first-order valence-electron chi connectivity index (χ1n) is 6.55. The Kier molecular flexibility index (Phi) is 5.66. The highest BCUT2D eigenvalue weighted by Gasteiger charge is 2.22. The molecule has 0 bridgehead atoms. The third-order valence-corrected chi connectivity index (χ3v) is 4.17. The van der Waals surface area contributed by atoms with Gasteiger partial charge < -0.3 is 4.74 Å². The fourth-order valence-corrected chi connectivity index (χ4v) is 2.88. The molecule has 2 aromatic rings. The van der Waals surface area contributed by atoms with Crippen molar-refractivity contribution in [1.29, 1.82) is 0 Å². The summed E-state index contributed by atoms with van der Waals surface area (Å²) in [6.07, 6.45) is 0.423. The zero-order valence-corrected chi connectivity index (χ0v) is 12.5. The molecule has 0 saturated heterocycles. The number of methoxy groups -OCH3 is 1. The van der Waals surface area contributed by atoms with Crippen LogP contribution in [0.25, 0.3) is 0 Å². The standard InChI is InChI=1S/C16H17NO3S/c1-20-16(18)15(12-13-8-4-2-5-9-13)17-21(19)14-10-6-3-7-11-14/h2-11,15,17H,12H2,1H3/t15-,21-/m0/s1. The van der Waals surface area contributed by atoms with Gasteiger partial charge in [-0.1, -0.05) is 48.5 Å². The smallest absolute Gasteiger partial charge is 0.324 e. The van der Waals surface area contributed by atoms with Crippen molar-refractivity contribution in [2.24, 2.45) is 0 Å². The van der Waals surface area contributed by atoms with Crippen LogP contribution in [0.3, 0.4) is 0 Å². The maximum absolute atomic E-state index is 12.3. The van der Waals surface area contributed by atoms with Crippen molar-refractivity contribution in [3.05, 3.63) is 66.2 Å². The Morgan fingerprint density at radius 1 is 1.10 bits per heavy atom. The Balaban J connectivity index is 2.10. The number of nitrogens with one attached hydrogen (secondary N) is 1. The van der Waals surface area contributed by atoms with E-state index in [0.29, 0.717) is 11.3 Å². The monoisotopic (exact) mass is 303 g/mol. The third kappa shape index (κ3) is 4.51. The van der Waals surface area contributed by atoms with Crippen LogP contribution in [0, 0.1) is 0 Å². The van der Waals surface area contributed by atoms with Crippen molar-refractivity contribution < 1.29 is 13.7 Å². The van der Waals surface area contributed by atoms with Crippen LogP contribution in [0.4, 0.5) is 0 Å². The number of carbonyl (C=O) groups excluding carboxylic acids is 1. The molecular weight excluding hydrogens is 286 g/mol. The van der Waals surface area contributed by atoms with Gasteiger partial charge in [0.2, 0.25) is 0 Å². The molecule has 0 spiro atoms. The summed E-state index contributed by atoms with van der Waals surface area (Å²) in [5, 5.41) is 0. The molecular formula is C16H17NO3S. The van der Waals surface area contributed by atoms with Gasteiger partial charge in [-0.2, -0.15) is 0 Å². The quantitative estimate of drug-likeness (QED) is 0.831. The van der Waals surface area contributed by atoms with E-state index in [-0.39, 0.29) is 0 Å². The molecule has 0 saturated carbocycles. The van der Waals surface area contributed by atoms with Gasteiger partial charge in [0.1, 0.15) is 17.0 Å². The van der Waals surface area contributed by atoms with Crippen molar-refractivity contribution in [2.75, 3.05) is 7.11 Å². The van der Waals surface area contributed by atoms with Gasteiger partial charge in [-0.05, 0) is 24.1 Å². The zero-order chi connectivity index (χ0) is 15.1. The van der Waals surface area contributed by atoms with E-state index >= 15 is 0 Å². The van der Waals surface area contributed by atoms with Gasteiger partial charge >= 0.3 is 5.97 Å². The summed E-state index contributed by atoms with van der Waals surface area (Å²) in [6.45, 7) is 0. The molecule has 110 valence electrons. The van der Waals surface area contributed by atoms with Crippen LogP contribution in [0.1, 0.15) is 5.56 Å². The van der Waals surface area contributed by atoms with E-state index in [1.54, 1.807) is 24.3 Å². The summed E-state index contributed by atoms with van der Waals surface area (Å²) < 4.78 is 19.9. The minimum absolute atomic E-state index is 0.423. The highest BCUT2D eigenvalue weighted by atomic mass is 32.2. The maximum atomic E-state index is 12.3. The van der Waals surface area contributed by atoms with Gasteiger partial charge in [-0.3, -0.25) is 4.79 Å². The largest absolute Gasteiger partial charge is 0.468 e. The summed E-state index contributed by atoms with van der Waals surface area (Å²) in [5.74, 6) is -0.428. The molecule has 0 heterocycles. The molecule has 0 unspecified atom stereocenters. The molecule has 2 atom stereocenters. The van der Waals surface area contributed by atoms with Crippen LogP contribution in [0.2, 0.25) is 0 Å². The zero-order valence-electron chi connectivity index (χ0n) is 11.7. The molecule has 2 rings (SSSR count). The molecule has 5 heteroatoms. The first-order valence-corrected chi connectivity index (χ1v) is 7.70. The molecule has 2 aromatic carbocycles. The predicted molar refractivity (Wildman–Crippen MR) is 81.9 cm³/mol. The molecule has 4 nitrogen and oxygen atoms in total. The fourth-order valence-electron chi connectivity index (χ4n) is 1.91. The van der Waals surface area contributed by atoms with Crippen molar-refractivity contribution in [3.8, 4) is 0 Å². The molecule has 0 aromatic heterocycles. The van der Waals surface area contributed by atoms with Crippen LogP contribution in [-0.4, -0.2) is 23.3 Å². The Hall–Kier alpha value is -1.98. The summed E-state index contributed by atoms with van der Waals surface area (Å²) >= 11 is 0. The topological polar surface area (TPSA) is 55.4 Å². The Labute approximate surface area is 126 Å². The number of ether oxygens (including phenoxy) is 1. The van der Waals surface area contributed by atoms with Crippen LogP contribution in [0.15, 0.2) is 65.6 Å². The minimum Gasteiger partial charge on any atom is -0.468 e. The van der Waals surface area contributed by atoms with E-state index in [0.717, 1.165) is 5.56 Å². The normalized spacial score (nSPS) is 13.4. The van der Waals surface area contributed by atoms with Crippen LogP contribution in [0.5, 0.6) is 0 Å². The van der Waals surface area contributed by atoms with Crippen LogP contribution >= 0.6 is 0 Å². The molecule has 0 aliphatic carbocycles. The number of esters is 1. The summed E-state index contributed by atoms with van der Waals surface area (Å²) in [7, 11) is -0.133. The van der Waals surface area contributed by atoms with Gasteiger partial charge in [0.05, 0.1) is 12.0 Å². The molecule has 0 radical (unpaired) electrons. The lowest BCUT2D eigenvalue weighted by Crippen LogP contribution is -2.40. The van der Waals surface area contributed by atoms with Gasteiger partial charge in [-0.25, -0.2) is 8.93 Å². The number of rotatable bonds is 6. The van der Waals surface area contributed by atoms with E-state index in [1.165, 1.54) is 7.11 Å². The Morgan fingerprint density at radius 3 is 2.24 bits per heavy atom. The number of hydrogen-bond acceptors (Lipinski definition) is 3. The highest BCUT2D eigenvalue weighted by Crippen LogP contribution is 2.08. The van der Waals surface area contributed by atoms with Gasteiger partial charge in [0.25, 0.3) is 0 Å². The summed E-state index contributed by atoms with van der Waals surface area (Å²) in [5.41, 5.74) is 0.977. The second kappa shape index (κ2) is 7.71. The average molecular weight is 303 g/mol. The minimum atomic E-state index is -1.46. The van der Waals surface area contributed by atoms with Gasteiger partial charge in [0.15, 0.2) is 0 Å². The predicted octanol–water partition coefficient (Wildman–Crippen LogP) is 2.08. The highest BCUT2D eigenvalue weighted by molar-refractivity contribution is 7.83. The summed E-state index contributed by atoms with van der Waals surface area (Å²) in [6, 6.07) is 17.9. The number of carbonyl (C=O) groups is 1. The molecule has 0 aliphatic heterocycles. The van der Waals surface area contributed by atoms with Crippen LogP contribution in [-0.2, 0) is 26.9 Å². The lowest BCUT2D eigenvalue weighted by Gasteiger charge is -2.16. The van der Waals surface area contributed by atoms with Gasteiger partial charge in [-0.15, -0.1) is 0 Å². The van der Waals surface area contributed by atoms with Crippen molar-refractivity contribution in [3.63, 3.8) is 0 Å². The fraction of sp³-hybridized carbons (Fsp3) is 0.188. The van der Waals surface area contributed by atoms with Crippen molar-refractivity contribution >= 4 is 17.0 Å². The van der Waals surface area contributed by atoms with Crippen molar-refractivity contribution in [1.82, 2.24) is 4.72 Å². The van der Waals surface area contributed by atoms with Gasteiger partial charge in [0, 0.05) is 0 Å². The van der Waals surface area contributed by atoms with Crippen molar-refractivity contribution in [2.45, 2.75) is 17.4 Å². The first-order chi connectivity index (χ1) is 10.2. The number of hydrogen-bond donors (Lipinski definition) is 1. The molecule has 21 heavy (non-hydrogen) atoms. The molecule has 0 amide bonds. The van der Waals surface area contributed by atoms with E-state index in [2.05, 4.69) is 4.72 Å². The second-order valence-electron chi connectivity index (χ2n) is 4.47. The molecule has 0 aliphatic rings.